The maximum atomic E-state index is 12.0. The van der Waals surface area contributed by atoms with Crippen molar-refractivity contribution in [2.45, 2.75) is 52.9 Å². The van der Waals surface area contributed by atoms with Crippen LogP contribution < -0.4 is 0 Å². The molecule has 74 valence electrons. The van der Waals surface area contributed by atoms with E-state index < -0.39 is 0 Å². The Morgan fingerprint density at radius 3 is 1.75 bits per heavy atom. The van der Waals surface area contributed by atoms with Gasteiger partial charge in [0.2, 0.25) is 0 Å². The standard InChI is InChI=1S/C11H23F/c1-4-10(5-2)11(6-3)8-7-9-12/h10-11H,4-9H2,1-3H3. The summed E-state index contributed by atoms with van der Waals surface area (Å²) in [6.45, 7) is 6.57. The lowest BCUT2D eigenvalue weighted by Gasteiger charge is -2.23. The van der Waals surface area contributed by atoms with Crippen molar-refractivity contribution in [1.82, 2.24) is 0 Å². The van der Waals surface area contributed by atoms with E-state index in [1.54, 1.807) is 0 Å². The van der Waals surface area contributed by atoms with Crippen LogP contribution in [0.25, 0.3) is 0 Å². The third kappa shape index (κ3) is 4.08. The molecule has 0 aromatic carbocycles. The molecule has 0 nitrogen and oxygen atoms in total. The summed E-state index contributed by atoms with van der Waals surface area (Å²) in [6, 6.07) is 0. The Kier molecular flexibility index (Phi) is 7.53. The SMILES string of the molecule is CCC(CC)C(CC)CCCF. The molecule has 0 aliphatic rings. The Labute approximate surface area is 76.6 Å². The molecule has 0 aliphatic carbocycles. The Balaban J connectivity index is 3.75. The topological polar surface area (TPSA) is 0 Å². The molecule has 0 bridgehead atoms. The molecule has 0 amide bonds. The molecule has 0 rings (SSSR count). The van der Waals surface area contributed by atoms with Gasteiger partial charge in [0, 0.05) is 0 Å². The lowest BCUT2D eigenvalue weighted by molar-refractivity contribution is 0.270. The minimum Gasteiger partial charge on any atom is -0.251 e. The van der Waals surface area contributed by atoms with Crippen LogP contribution in [0.2, 0.25) is 0 Å². The molecule has 0 spiro atoms. The van der Waals surface area contributed by atoms with E-state index in [1.807, 2.05) is 0 Å². The summed E-state index contributed by atoms with van der Waals surface area (Å²) in [5, 5.41) is 0. The van der Waals surface area contributed by atoms with Gasteiger partial charge in [-0.15, -0.1) is 0 Å². The molecule has 0 saturated heterocycles. The Morgan fingerprint density at radius 2 is 1.42 bits per heavy atom. The van der Waals surface area contributed by atoms with Crippen LogP contribution in [0.5, 0.6) is 0 Å². The van der Waals surface area contributed by atoms with Crippen LogP contribution >= 0.6 is 0 Å². The smallest absolute Gasteiger partial charge is 0.0894 e. The van der Waals surface area contributed by atoms with Gasteiger partial charge in [-0.2, -0.15) is 0 Å². The first-order valence-corrected chi connectivity index (χ1v) is 5.35. The average Bonchev–Trinajstić information content (AvgIpc) is 2.12. The predicted molar refractivity (Wildman–Crippen MR) is 53.1 cm³/mol. The summed E-state index contributed by atoms with van der Waals surface area (Å²) in [7, 11) is 0. The summed E-state index contributed by atoms with van der Waals surface area (Å²) in [5.41, 5.74) is 0. The number of hydrogen-bond donors (Lipinski definition) is 0. The minimum absolute atomic E-state index is 0.142. The fraction of sp³-hybridized carbons (Fsp3) is 1.00. The summed E-state index contributed by atoms with van der Waals surface area (Å²) in [6.07, 6.45) is 5.56. The molecule has 0 aromatic rings. The minimum atomic E-state index is -0.142. The first-order valence-electron chi connectivity index (χ1n) is 5.35. The van der Waals surface area contributed by atoms with Gasteiger partial charge in [-0.1, -0.05) is 40.0 Å². The molecular weight excluding hydrogens is 151 g/mol. The van der Waals surface area contributed by atoms with Gasteiger partial charge < -0.3 is 0 Å². The molecule has 0 N–H and O–H groups in total. The molecule has 0 aliphatic heterocycles. The molecule has 0 heterocycles. The van der Waals surface area contributed by atoms with E-state index in [9.17, 15) is 4.39 Å². The quantitative estimate of drug-likeness (QED) is 0.542. The maximum Gasteiger partial charge on any atom is 0.0894 e. The van der Waals surface area contributed by atoms with Gasteiger partial charge >= 0.3 is 0 Å². The molecule has 0 aromatic heterocycles. The monoisotopic (exact) mass is 174 g/mol. The Hall–Kier alpha value is -0.0700. The van der Waals surface area contributed by atoms with Crippen molar-refractivity contribution in [3.05, 3.63) is 0 Å². The zero-order valence-electron chi connectivity index (χ0n) is 8.78. The highest BCUT2D eigenvalue weighted by Crippen LogP contribution is 2.26. The summed E-state index contributed by atoms with van der Waals surface area (Å²) in [5.74, 6) is 1.58. The van der Waals surface area contributed by atoms with E-state index in [4.69, 9.17) is 0 Å². The van der Waals surface area contributed by atoms with Crippen LogP contribution in [-0.2, 0) is 0 Å². The van der Waals surface area contributed by atoms with Crippen LogP contribution in [-0.4, -0.2) is 6.67 Å². The van der Waals surface area contributed by atoms with E-state index in [1.165, 1.54) is 19.3 Å². The lowest BCUT2D eigenvalue weighted by Crippen LogP contribution is -2.12. The van der Waals surface area contributed by atoms with Crippen LogP contribution in [0, 0.1) is 11.8 Å². The fourth-order valence-corrected chi connectivity index (χ4v) is 2.07. The van der Waals surface area contributed by atoms with Gasteiger partial charge in [-0.05, 0) is 24.7 Å². The molecule has 0 saturated carbocycles. The first kappa shape index (κ1) is 11.9. The van der Waals surface area contributed by atoms with Crippen molar-refractivity contribution < 1.29 is 4.39 Å². The van der Waals surface area contributed by atoms with E-state index in [0.717, 1.165) is 24.7 Å². The summed E-state index contributed by atoms with van der Waals surface area (Å²) < 4.78 is 12.0. The number of alkyl halides is 1. The molecule has 1 unspecified atom stereocenters. The van der Waals surface area contributed by atoms with Crippen molar-refractivity contribution in [1.29, 1.82) is 0 Å². The van der Waals surface area contributed by atoms with Crippen LogP contribution in [0.4, 0.5) is 4.39 Å². The predicted octanol–water partition coefficient (Wildman–Crippen LogP) is 4.20. The van der Waals surface area contributed by atoms with Crippen molar-refractivity contribution in [3.8, 4) is 0 Å². The number of halogens is 1. The van der Waals surface area contributed by atoms with Crippen molar-refractivity contribution >= 4 is 0 Å². The Bertz CT molecular complexity index is 87.0. The summed E-state index contributed by atoms with van der Waals surface area (Å²) in [4.78, 5) is 0. The molecular formula is C11H23F. The van der Waals surface area contributed by atoms with Gasteiger partial charge in [-0.3, -0.25) is 4.39 Å². The van der Waals surface area contributed by atoms with Crippen LogP contribution in [0.1, 0.15) is 52.9 Å². The van der Waals surface area contributed by atoms with Crippen molar-refractivity contribution in [2.24, 2.45) is 11.8 Å². The molecule has 1 atom stereocenters. The Morgan fingerprint density at radius 1 is 0.917 bits per heavy atom. The second-order valence-corrected chi connectivity index (χ2v) is 3.58. The number of rotatable bonds is 7. The molecule has 1 heteroatoms. The second kappa shape index (κ2) is 7.57. The molecule has 12 heavy (non-hydrogen) atoms. The average molecular weight is 174 g/mol. The highest BCUT2D eigenvalue weighted by molar-refractivity contribution is 4.66. The van der Waals surface area contributed by atoms with Gasteiger partial charge in [0.25, 0.3) is 0 Å². The first-order chi connectivity index (χ1) is 5.79. The third-order valence-corrected chi connectivity index (χ3v) is 2.95. The van der Waals surface area contributed by atoms with Crippen molar-refractivity contribution in [3.63, 3.8) is 0 Å². The van der Waals surface area contributed by atoms with Gasteiger partial charge in [-0.25, -0.2) is 0 Å². The zero-order chi connectivity index (χ0) is 9.40. The largest absolute Gasteiger partial charge is 0.251 e. The second-order valence-electron chi connectivity index (χ2n) is 3.58. The van der Waals surface area contributed by atoms with E-state index in [0.29, 0.717) is 0 Å². The maximum absolute atomic E-state index is 12.0. The number of hydrogen-bond acceptors (Lipinski definition) is 0. The molecule has 0 fully saturated rings. The highest BCUT2D eigenvalue weighted by Gasteiger charge is 2.15. The van der Waals surface area contributed by atoms with E-state index >= 15 is 0 Å². The van der Waals surface area contributed by atoms with E-state index in [2.05, 4.69) is 20.8 Å². The van der Waals surface area contributed by atoms with Gasteiger partial charge in [0.05, 0.1) is 6.67 Å². The zero-order valence-corrected chi connectivity index (χ0v) is 8.78. The summed E-state index contributed by atoms with van der Waals surface area (Å²) >= 11 is 0. The van der Waals surface area contributed by atoms with Gasteiger partial charge in [0.1, 0.15) is 0 Å². The van der Waals surface area contributed by atoms with E-state index in [-0.39, 0.29) is 6.67 Å². The van der Waals surface area contributed by atoms with Crippen LogP contribution in [0.15, 0.2) is 0 Å². The van der Waals surface area contributed by atoms with Crippen LogP contribution in [0.3, 0.4) is 0 Å². The fourth-order valence-electron chi connectivity index (χ4n) is 2.07. The van der Waals surface area contributed by atoms with Gasteiger partial charge in [0.15, 0.2) is 0 Å². The molecule has 0 radical (unpaired) electrons. The normalized spacial score (nSPS) is 13.8. The third-order valence-electron chi connectivity index (χ3n) is 2.95. The lowest BCUT2D eigenvalue weighted by atomic mass is 9.83. The van der Waals surface area contributed by atoms with Crippen molar-refractivity contribution in [2.75, 3.05) is 6.67 Å². The highest BCUT2D eigenvalue weighted by atomic mass is 19.1.